The predicted octanol–water partition coefficient (Wildman–Crippen LogP) is 4.45. The molecule has 1 aromatic heterocycles. The monoisotopic (exact) mass is 364 g/mol. The SMILES string of the molecule is Cc1cccc(C)c1OCC(=O)N(Cc1ccc(F)cc1)c1ccccn1. The summed E-state index contributed by atoms with van der Waals surface area (Å²) in [6.45, 7) is 4.07. The van der Waals surface area contributed by atoms with E-state index in [4.69, 9.17) is 4.74 Å². The van der Waals surface area contributed by atoms with Crippen LogP contribution in [0.4, 0.5) is 10.2 Å². The maximum Gasteiger partial charge on any atom is 0.266 e. The highest BCUT2D eigenvalue weighted by molar-refractivity contribution is 5.93. The normalized spacial score (nSPS) is 10.5. The fourth-order valence-corrected chi connectivity index (χ4v) is 2.82. The minimum Gasteiger partial charge on any atom is -0.483 e. The number of para-hydroxylation sites is 1. The lowest BCUT2D eigenvalue weighted by Gasteiger charge is -2.22. The molecule has 27 heavy (non-hydrogen) atoms. The molecule has 0 bridgehead atoms. The van der Waals surface area contributed by atoms with Crippen LogP contribution < -0.4 is 9.64 Å². The van der Waals surface area contributed by atoms with Crippen molar-refractivity contribution in [2.24, 2.45) is 0 Å². The second kappa shape index (κ2) is 8.45. The van der Waals surface area contributed by atoms with Crippen molar-refractivity contribution in [3.63, 3.8) is 0 Å². The Kier molecular flexibility index (Phi) is 5.81. The molecule has 0 saturated carbocycles. The summed E-state index contributed by atoms with van der Waals surface area (Å²) in [6, 6.07) is 17.3. The number of carbonyl (C=O) groups excluding carboxylic acids is 1. The van der Waals surface area contributed by atoms with Crippen molar-refractivity contribution >= 4 is 11.7 Å². The van der Waals surface area contributed by atoms with Crippen molar-refractivity contribution in [2.45, 2.75) is 20.4 Å². The predicted molar refractivity (Wildman–Crippen MR) is 103 cm³/mol. The minimum absolute atomic E-state index is 0.108. The van der Waals surface area contributed by atoms with Crippen LogP contribution in [0.5, 0.6) is 5.75 Å². The van der Waals surface area contributed by atoms with E-state index in [0.717, 1.165) is 16.7 Å². The molecule has 0 N–H and O–H groups in total. The van der Waals surface area contributed by atoms with Crippen molar-refractivity contribution in [1.82, 2.24) is 4.98 Å². The fraction of sp³-hybridized carbons (Fsp3) is 0.182. The molecule has 0 aliphatic heterocycles. The second-order valence-corrected chi connectivity index (χ2v) is 6.30. The van der Waals surface area contributed by atoms with Gasteiger partial charge in [-0.05, 0) is 54.8 Å². The summed E-state index contributed by atoms with van der Waals surface area (Å²) in [5, 5.41) is 0. The molecule has 5 heteroatoms. The third-order valence-electron chi connectivity index (χ3n) is 4.23. The van der Waals surface area contributed by atoms with E-state index in [9.17, 15) is 9.18 Å². The molecule has 0 unspecified atom stereocenters. The van der Waals surface area contributed by atoms with E-state index >= 15 is 0 Å². The first-order chi connectivity index (χ1) is 13.0. The number of amides is 1. The Hall–Kier alpha value is -3.21. The first kappa shape index (κ1) is 18.6. The van der Waals surface area contributed by atoms with Crippen molar-refractivity contribution in [3.8, 4) is 5.75 Å². The molecule has 0 aliphatic carbocycles. The van der Waals surface area contributed by atoms with Gasteiger partial charge in [-0.1, -0.05) is 36.4 Å². The van der Waals surface area contributed by atoms with Crippen LogP contribution in [0.2, 0.25) is 0 Å². The third-order valence-corrected chi connectivity index (χ3v) is 4.23. The molecule has 0 aliphatic rings. The standard InChI is InChI=1S/C22H21FN2O2/c1-16-6-5-7-17(2)22(16)27-15-21(26)25(20-8-3-4-13-24-20)14-18-9-11-19(23)12-10-18/h3-13H,14-15H2,1-2H3. The van der Waals surface area contributed by atoms with Gasteiger partial charge in [-0.25, -0.2) is 9.37 Å². The first-order valence-electron chi connectivity index (χ1n) is 8.69. The summed E-state index contributed by atoms with van der Waals surface area (Å²) in [5.74, 6) is 0.707. The molecule has 0 radical (unpaired) electrons. The molecule has 0 fully saturated rings. The molecule has 4 nitrogen and oxygen atoms in total. The summed E-state index contributed by atoms with van der Waals surface area (Å²) in [6.07, 6.45) is 1.63. The van der Waals surface area contributed by atoms with E-state index < -0.39 is 0 Å². The number of pyridine rings is 1. The second-order valence-electron chi connectivity index (χ2n) is 6.30. The zero-order valence-corrected chi connectivity index (χ0v) is 15.4. The molecule has 3 rings (SSSR count). The summed E-state index contributed by atoms with van der Waals surface area (Å²) >= 11 is 0. The van der Waals surface area contributed by atoms with Crippen LogP contribution in [0.1, 0.15) is 16.7 Å². The molecule has 0 spiro atoms. The Morgan fingerprint density at radius 1 is 1.00 bits per heavy atom. The zero-order valence-electron chi connectivity index (χ0n) is 15.4. The van der Waals surface area contributed by atoms with Gasteiger partial charge in [0.05, 0.1) is 6.54 Å². The highest BCUT2D eigenvalue weighted by Crippen LogP contribution is 2.23. The molecule has 2 aromatic carbocycles. The Balaban J connectivity index is 1.79. The van der Waals surface area contributed by atoms with Gasteiger partial charge in [-0.2, -0.15) is 0 Å². The Labute approximate surface area is 158 Å². The largest absolute Gasteiger partial charge is 0.483 e. The van der Waals surface area contributed by atoms with Crippen LogP contribution in [0.25, 0.3) is 0 Å². The van der Waals surface area contributed by atoms with Crippen LogP contribution in [-0.4, -0.2) is 17.5 Å². The van der Waals surface area contributed by atoms with Gasteiger partial charge in [-0.3, -0.25) is 9.69 Å². The van der Waals surface area contributed by atoms with Crippen LogP contribution in [0.3, 0.4) is 0 Å². The number of anilines is 1. The molecule has 0 saturated heterocycles. The Morgan fingerprint density at radius 2 is 1.70 bits per heavy atom. The maximum atomic E-state index is 13.2. The third kappa shape index (κ3) is 4.70. The number of rotatable bonds is 6. The van der Waals surface area contributed by atoms with Crippen LogP contribution >= 0.6 is 0 Å². The number of halogens is 1. The van der Waals surface area contributed by atoms with E-state index in [2.05, 4.69) is 4.98 Å². The van der Waals surface area contributed by atoms with Gasteiger partial charge in [0.1, 0.15) is 17.4 Å². The van der Waals surface area contributed by atoms with Crippen molar-refractivity contribution in [1.29, 1.82) is 0 Å². The number of hydrogen-bond acceptors (Lipinski definition) is 3. The number of hydrogen-bond donors (Lipinski definition) is 0. The van der Waals surface area contributed by atoms with E-state index in [1.165, 1.54) is 12.1 Å². The average molecular weight is 364 g/mol. The number of nitrogens with zero attached hydrogens (tertiary/aromatic N) is 2. The highest BCUT2D eigenvalue weighted by Gasteiger charge is 2.19. The van der Waals surface area contributed by atoms with E-state index in [0.29, 0.717) is 11.6 Å². The molecule has 1 amide bonds. The van der Waals surface area contributed by atoms with E-state index in [1.54, 1.807) is 35.4 Å². The lowest BCUT2D eigenvalue weighted by atomic mass is 10.1. The lowest BCUT2D eigenvalue weighted by molar-refractivity contribution is -0.120. The molecule has 0 atom stereocenters. The van der Waals surface area contributed by atoms with Gasteiger partial charge in [-0.15, -0.1) is 0 Å². The summed E-state index contributed by atoms with van der Waals surface area (Å²) in [4.78, 5) is 18.7. The van der Waals surface area contributed by atoms with Gasteiger partial charge >= 0.3 is 0 Å². The zero-order chi connectivity index (χ0) is 19.2. The fourth-order valence-electron chi connectivity index (χ4n) is 2.82. The van der Waals surface area contributed by atoms with Crippen LogP contribution in [0.15, 0.2) is 66.9 Å². The van der Waals surface area contributed by atoms with Gasteiger partial charge in [0.2, 0.25) is 0 Å². The van der Waals surface area contributed by atoms with E-state index in [-0.39, 0.29) is 24.9 Å². The number of benzene rings is 2. The molecule has 3 aromatic rings. The lowest BCUT2D eigenvalue weighted by Crippen LogP contribution is -2.35. The smallest absolute Gasteiger partial charge is 0.266 e. The first-order valence-corrected chi connectivity index (χ1v) is 8.69. The summed E-state index contributed by atoms with van der Waals surface area (Å²) in [5.41, 5.74) is 2.76. The maximum absolute atomic E-state index is 13.2. The van der Waals surface area contributed by atoms with Crippen LogP contribution in [-0.2, 0) is 11.3 Å². The molecular formula is C22H21FN2O2. The van der Waals surface area contributed by atoms with Crippen molar-refractivity contribution in [3.05, 3.63) is 89.4 Å². The van der Waals surface area contributed by atoms with Crippen LogP contribution in [0, 0.1) is 19.7 Å². The van der Waals surface area contributed by atoms with Gasteiger partial charge in [0, 0.05) is 6.20 Å². The number of aryl methyl sites for hydroxylation is 2. The topological polar surface area (TPSA) is 42.4 Å². The molecule has 1 heterocycles. The highest BCUT2D eigenvalue weighted by atomic mass is 19.1. The summed E-state index contributed by atoms with van der Waals surface area (Å²) in [7, 11) is 0. The minimum atomic E-state index is -0.312. The summed E-state index contributed by atoms with van der Waals surface area (Å²) < 4.78 is 19.0. The van der Waals surface area contributed by atoms with Crippen molar-refractivity contribution in [2.75, 3.05) is 11.5 Å². The average Bonchev–Trinajstić information content (AvgIpc) is 2.67. The number of ether oxygens (including phenoxy) is 1. The Bertz CT molecular complexity index is 891. The Morgan fingerprint density at radius 3 is 2.33 bits per heavy atom. The van der Waals surface area contributed by atoms with E-state index in [1.807, 2.05) is 38.1 Å². The number of aromatic nitrogens is 1. The van der Waals surface area contributed by atoms with Crippen molar-refractivity contribution < 1.29 is 13.9 Å². The molecular weight excluding hydrogens is 343 g/mol. The quantitative estimate of drug-likeness (QED) is 0.649. The van der Waals surface area contributed by atoms with Gasteiger partial charge < -0.3 is 4.74 Å². The van der Waals surface area contributed by atoms with Gasteiger partial charge in [0.15, 0.2) is 6.61 Å². The van der Waals surface area contributed by atoms with Gasteiger partial charge in [0.25, 0.3) is 5.91 Å². The molecule has 138 valence electrons. The number of carbonyl (C=O) groups is 1.